The van der Waals surface area contributed by atoms with E-state index in [9.17, 15) is 0 Å². The third kappa shape index (κ3) is 1.77. The Morgan fingerprint density at radius 3 is 2.89 bits per heavy atom. The Bertz CT molecular complexity index is 613. The first kappa shape index (κ1) is 10.6. The highest BCUT2D eigenvalue weighted by molar-refractivity contribution is 5.29. The zero-order valence-electron chi connectivity index (χ0n) is 9.88. The van der Waals surface area contributed by atoms with Crippen molar-refractivity contribution in [1.29, 1.82) is 0 Å². The second-order valence-electron chi connectivity index (χ2n) is 3.93. The smallest absolute Gasteiger partial charge is 0.162 e. The van der Waals surface area contributed by atoms with E-state index in [0.717, 1.165) is 11.5 Å². The van der Waals surface area contributed by atoms with Crippen molar-refractivity contribution in [2.75, 3.05) is 0 Å². The summed E-state index contributed by atoms with van der Waals surface area (Å²) in [4.78, 5) is 4.11. The van der Waals surface area contributed by atoms with E-state index in [2.05, 4.69) is 20.3 Å². The van der Waals surface area contributed by atoms with Gasteiger partial charge in [-0.25, -0.2) is 0 Å². The highest BCUT2D eigenvalue weighted by atomic mass is 15.3. The van der Waals surface area contributed by atoms with Gasteiger partial charge in [0, 0.05) is 18.6 Å². The molecule has 3 rings (SSSR count). The normalized spacial score (nSPS) is 12.5. The molecule has 3 aromatic heterocycles. The summed E-state index contributed by atoms with van der Waals surface area (Å²) < 4.78 is 3.76. The van der Waals surface area contributed by atoms with Gasteiger partial charge in [0.1, 0.15) is 12.4 Å². The molecule has 0 fully saturated rings. The number of nitrogens with zero attached hydrogens (tertiary/aromatic N) is 6. The molecule has 0 amide bonds. The lowest BCUT2D eigenvalue weighted by molar-refractivity contribution is 0.528. The Balaban J connectivity index is 2.02. The van der Waals surface area contributed by atoms with E-state index in [-0.39, 0.29) is 6.04 Å². The monoisotopic (exact) mass is 240 g/mol. The second kappa shape index (κ2) is 4.40. The molecule has 0 saturated heterocycles. The van der Waals surface area contributed by atoms with Crippen molar-refractivity contribution in [2.24, 2.45) is 0 Å². The molecule has 0 radical (unpaired) electrons. The third-order valence-corrected chi connectivity index (χ3v) is 2.79. The molecule has 0 aliphatic carbocycles. The maximum absolute atomic E-state index is 4.23. The Morgan fingerprint density at radius 1 is 1.22 bits per heavy atom. The van der Waals surface area contributed by atoms with Crippen LogP contribution in [0.15, 0.2) is 49.3 Å². The van der Waals surface area contributed by atoms with Crippen LogP contribution in [0.2, 0.25) is 0 Å². The summed E-state index contributed by atoms with van der Waals surface area (Å²) in [5, 5.41) is 12.4. The molecule has 3 aromatic rings. The Kier molecular flexibility index (Phi) is 2.60. The molecule has 3 heterocycles. The SMILES string of the molecule is CC(c1nncn1-c1cccnc1)n1cccn1. The van der Waals surface area contributed by atoms with Crippen LogP contribution in [0.4, 0.5) is 0 Å². The van der Waals surface area contributed by atoms with Crippen LogP contribution in [0.5, 0.6) is 0 Å². The Hall–Kier alpha value is -2.50. The van der Waals surface area contributed by atoms with Crippen LogP contribution in [-0.2, 0) is 0 Å². The molecule has 0 N–H and O–H groups in total. The first-order valence-corrected chi connectivity index (χ1v) is 5.65. The molecule has 1 atom stereocenters. The van der Waals surface area contributed by atoms with E-state index >= 15 is 0 Å². The molecule has 18 heavy (non-hydrogen) atoms. The predicted molar refractivity (Wildman–Crippen MR) is 65.2 cm³/mol. The number of hydrogen-bond donors (Lipinski definition) is 0. The van der Waals surface area contributed by atoms with Crippen molar-refractivity contribution in [3.05, 3.63) is 55.1 Å². The molecule has 1 unspecified atom stereocenters. The average molecular weight is 240 g/mol. The summed E-state index contributed by atoms with van der Waals surface area (Å²) >= 11 is 0. The largest absolute Gasteiger partial charge is 0.282 e. The van der Waals surface area contributed by atoms with Crippen LogP contribution in [0, 0.1) is 0 Å². The van der Waals surface area contributed by atoms with Gasteiger partial charge in [-0.3, -0.25) is 14.2 Å². The summed E-state index contributed by atoms with van der Waals surface area (Å²) in [6, 6.07) is 5.76. The first-order valence-electron chi connectivity index (χ1n) is 5.65. The maximum Gasteiger partial charge on any atom is 0.162 e. The molecule has 90 valence electrons. The summed E-state index contributed by atoms with van der Waals surface area (Å²) in [6.45, 7) is 2.03. The lowest BCUT2D eigenvalue weighted by Gasteiger charge is -2.13. The Morgan fingerprint density at radius 2 is 2.17 bits per heavy atom. The fraction of sp³-hybridized carbons (Fsp3) is 0.167. The van der Waals surface area contributed by atoms with Crippen LogP contribution in [0.25, 0.3) is 5.69 Å². The molecular weight excluding hydrogens is 228 g/mol. The van der Waals surface area contributed by atoms with E-state index < -0.39 is 0 Å². The molecule has 0 spiro atoms. The molecule has 0 saturated carbocycles. The summed E-state index contributed by atoms with van der Waals surface area (Å²) in [6.07, 6.45) is 8.87. The van der Waals surface area contributed by atoms with E-state index in [0.29, 0.717) is 0 Å². The van der Waals surface area contributed by atoms with Gasteiger partial charge in [0.05, 0.1) is 11.9 Å². The minimum absolute atomic E-state index is 0.0164. The minimum atomic E-state index is 0.0164. The van der Waals surface area contributed by atoms with Crippen molar-refractivity contribution in [3.63, 3.8) is 0 Å². The lowest BCUT2D eigenvalue weighted by Crippen LogP contribution is -2.13. The highest BCUT2D eigenvalue weighted by Gasteiger charge is 2.15. The van der Waals surface area contributed by atoms with E-state index in [1.165, 1.54) is 0 Å². The minimum Gasteiger partial charge on any atom is -0.282 e. The van der Waals surface area contributed by atoms with Crippen molar-refractivity contribution in [1.82, 2.24) is 29.5 Å². The second-order valence-corrected chi connectivity index (χ2v) is 3.93. The number of hydrogen-bond acceptors (Lipinski definition) is 4. The van der Waals surface area contributed by atoms with Crippen molar-refractivity contribution in [2.45, 2.75) is 13.0 Å². The highest BCUT2D eigenvalue weighted by Crippen LogP contribution is 2.17. The Labute approximate surface area is 104 Å². The molecule has 6 heteroatoms. The fourth-order valence-electron chi connectivity index (χ4n) is 1.85. The fourth-order valence-corrected chi connectivity index (χ4v) is 1.85. The van der Waals surface area contributed by atoms with Crippen LogP contribution in [0.1, 0.15) is 18.8 Å². The molecule has 0 aromatic carbocycles. The third-order valence-electron chi connectivity index (χ3n) is 2.79. The topological polar surface area (TPSA) is 61.4 Å². The summed E-state index contributed by atoms with van der Waals surface area (Å²) in [5.74, 6) is 0.826. The molecule has 6 nitrogen and oxygen atoms in total. The zero-order chi connectivity index (χ0) is 12.4. The summed E-state index contributed by atoms with van der Waals surface area (Å²) in [5.41, 5.74) is 0.941. The van der Waals surface area contributed by atoms with Crippen molar-refractivity contribution >= 4 is 0 Å². The van der Waals surface area contributed by atoms with Crippen LogP contribution < -0.4 is 0 Å². The number of aromatic nitrogens is 6. The molecule has 0 bridgehead atoms. The quantitative estimate of drug-likeness (QED) is 0.695. The standard InChI is InChI=1S/C12H12N6/c1-10(18-7-3-6-15-18)12-16-14-9-17(12)11-4-2-5-13-8-11/h2-10H,1H3. The van der Waals surface area contributed by atoms with Gasteiger partial charge in [-0.1, -0.05) is 0 Å². The van der Waals surface area contributed by atoms with Gasteiger partial charge in [0.15, 0.2) is 5.82 Å². The molecule has 0 aliphatic rings. The summed E-state index contributed by atoms with van der Waals surface area (Å²) in [7, 11) is 0. The zero-order valence-corrected chi connectivity index (χ0v) is 9.88. The van der Waals surface area contributed by atoms with Gasteiger partial charge in [-0.2, -0.15) is 5.10 Å². The van der Waals surface area contributed by atoms with Crippen LogP contribution in [0.3, 0.4) is 0 Å². The first-order chi connectivity index (χ1) is 8.86. The van der Waals surface area contributed by atoms with Crippen LogP contribution >= 0.6 is 0 Å². The van der Waals surface area contributed by atoms with E-state index in [1.54, 1.807) is 24.9 Å². The maximum atomic E-state index is 4.23. The van der Waals surface area contributed by atoms with Gasteiger partial charge >= 0.3 is 0 Å². The van der Waals surface area contributed by atoms with Gasteiger partial charge in [-0.15, -0.1) is 10.2 Å². The van der Waals surface area contributed by atoms with E-state index in [1.807, 2.05) is 40.6 Å². The van der Waals surface area contributed by atoms with Crippen molar-refractivity contribution < 1.29 is 0 Å². The van der Waals surface area contributed by atoms with Gasteiger partial charge in [0.25, 0.3) is 0 Å². The van der Waals surface area contributed by atoms with Crippen LogP contribution in [-0.4, -0.2) is 29.5 Å². The predicted octanol–water partition coefficient (Wildman–Crippen LogP) is 1.47. The van der Waals surface area contributed by atoms with E-state index in [4.69, 9.17) is 0 Å². The van der Waals surface area contributed by atoms with Gasteiger partial charge in [0.2, 0.25) is 0 Å². The van der Waals surface area contributed by atoms with Gasteiger partial charge in [-0.05, 0) is 25.1 Å². The molecule has 0 aliphatic heterocycles. The average Bonchev–Trinajstić information content (AvgIpc) is 3.10. The lowest BCUT2D eigenvalue weighted by atomic mass is 10.3. The number of pyridine rings is 1. The van der Waals surface area contributed by atoms with Crippen molar-refractivity contribution in [3.8, 4) is 5.69 Å². The molecular formula is C12H12N6. The number of rotatable bonds is 3. The van der Waals surface area contributed by atoms with Gasteiger partial charge < -0.3 is 0 Å².